The Balaban J connectivity index is 2.50. The minimum absolute atomic E-state index is 0.00953. The van der Waals surface area contributed by atoms with Crippen molar-refractivity contribution in [1.82, 2.24) is 5.32 Å². The maximum absolute atomic E-state index is 11.6. The van der Waals surface area contributed by atoms with Crippen LogP contribution in [0.2, 0.25) is 0 Å². The van der Waals surface area contributed by atoms with E-state index in [1.54, 1.807) is 0 Å². The van der Waals surface area contributed by atoms with Crippen molar-refractivity contribution in [2.75, 3.05) is 18.4 Å². The quantitative estimate of drug-likeness (QED) is 0.712. The molecule has 3 heteroatoms. The summed E-state index contributed by atoms with van der Waals surface area (Å²) < 4.78 is 0. The maximum Gasteiger partial charge on any atom is 0.251 e. The molecular weight excluding hydrogens is 212 g/mol. The van der Waals surface area contributed by atoms with Gasteiger partial charge in [0.1, 0.15) is 0 Å². The first-order chi connectivity index (χ1) is 8.27. The van der Waals surface area contributed by atoms with E-state index >= 15 is 0 Å². The number of benzene rings is 1. The number of hydrogen-bond donors (Lipinski definition) is 2. The van der Waals surface area contributed by atoms with Gasteiger partial charge in [0.05, 0.1) is 0 Å². The van der Waals surface area contributed by atoms with Crippen LogP contribution in [0.3, 0.4) is 0 Å². The van der Waals surface area contributed by atoms with Crippen LogP contribution in [-0.2, 0) is 0 Å². The van der Waals surface area contributed by atoms with E-state index in [0.717, 1.165) is 12.2 Å². The Morgan fingerprint density at radius 2 is 2.06 bits per heavy atom. The Kier molecular flexibility index (Phi) is 6.15. The molecule has 1 rings (SSSR count). The van der Waals surface area contributed by atoms with Crippen LogP contribution in [0.25, 0.3) is 0 Å². The van der Waals surface area contributed by atoms with E-state index < -0.39 is 0 Å². The van der Waals surface area contributed by atoms with Crippen LogP contribution in [0.5, 0.6) is 0 Å². The molecule has 0 radical (unpaired) electrons. The van der Waals surface area contributed by atoms with Crippen LogP contribution in [0, 0.1) is 0 Å². The van der Waals surface area contributed by atoms with Gasteiger partial charge >= 0.3 is 0 Å². The molecule has 0 aliphatic carbocycles. The summed E-state index contributed by atoms with van der Waals surface area (Å²) in [4.78, 5) is 11.6. The zero-order valence-corrected chi connectivity index (χ0v) is 10.8. The predicted molar refractivity (Wildman–Crippen MR) is 72.5 cm³/mol. The average Bonchev–Trinajstić information content (AvgIpc) is 2.35. The number of rotatable bonds is 7. The molecule has 0 saturated heterocycles. The van der Waals surface area contributed by atoms with E-state index in [1.807, 2.05) is 31.2 Å². The summed E-state index contributed by atoms with van der Waals surface area (Å²) >= 11 is 0. The number of amides is 1. The molecule has 0 heterocycles. The Bertz CT molecular complexity index is 350. The summed E-state index contributed by atoms with van der Waals surface area (Å²) in [5.41, 5.74) is 1.73. The second-order valence-corrected chi connectivity index (χ2v) is 4.07. The lowest BCUT2D eigenvalue weighted by molar-refractivity contribution is 0.0956. The third kappa shape index (κ3) is 4.89. The smallest absolute Gasteiger partial charge is 0.251 e. The predicted octanol–water partition coefficient (Wildman–Crippen LogP) is 3.04. The summed E-state index contributed by atoms with van der Waals surface area (Å²) in [5, 5.41) is 6.14. The normalized spacial score (nSPS) is 10.0. The summed E-state index contributed by atoms with van der Waals surface area (Å²) in [6, 6.07) is 7.64. The molecule has 0 bridgehead atoms. The monoisotopic (exact) mass is 234 g/mol. The fourth-order valence-corrected chi connectivity index (χ4v) is 1.64. The van der Waals surface area contributed by atoms with E-state index in [0.29, 0.717) is 12.1 Å². The van der Waals surface area contributed by atoms with Crippen molar-refractivity contribution < 1.29 is 4.79 Å². The highest BCUT2D eigenvalue weighted by molar-refractivity contribution is 5.95. The lowest BCUT2D eigenvalue weighted by Crippen LogP contribution is -2.22. The Morgan fingerprint density at radius 1 is 1.24 bits per heavy atom. The van der Waals surface area contributed by atoms with E-state index in [1.165, 1.54) is 19.3 Å². The first kappa shape index (κ1) is 13.6. The summed E-state index contributed by atoms with van der Waals surface area (Å²) in [6.45, 7) is 5.74. The Labute approximate surface area is 104 Å². The van der Waals surface area contributed by atoms with Gasteiger partial charge in [-0.05, 0) is 31.5 Å². The van der Waals surface area contributed by atoms with Gasteiger partial charge in [-0.25, -0.2) is 0 Å². The van der Waals surface area contributed by atoms with Crippen LogP contribution in [0.15, 0.2) is 24.3 Å². The van der Waals surface area contributed by atoms with Crippen LogP contribution in [0.4, 0.5) is 5.69 Å². The number of anilines is 1. The molecular formula is C14H22N2O. The van der Waals surface area contributed by atoms with Crippen LogP contribution >= 0.6 is 0 Å². The van der Waals surface area contributed by atoms with Gasteiger partial charge in [0.2, 0.25) is 0 Å². The molecule has 2 N–H and O–H groups in total. The number of nitrogens with one attached hydrogen (secondary N) is 2. The third-order valence-electron chi connectivity index (χ3n) is 2.57. The molecule has 17 heavy (non-hydrogen) atoms. The average molecular weight is 234 g/mol. The molecule has 0 aliphatic rings. The molecule has 0 saturated carbocycles. The molecule has 1 amide bonds. The molecule has 0 atom stereocenters. The molecule has 94 valence electrons. The highest BCUT2D eigenvalue weighted by atomic mass is 16.1. The van der Waals surface area contributed by atoms with Crippen molar-refractivity contribution in [1.29, 1.82) is 0 Å². The second-order valence-electron chi connectivity index (χ2n) is 4.07. The number of carbonyl (C=O) groups excluding carboxylic acids is 1. The molecule has 1 aromatic rings. The lowest BCUT2D eigenvalue weighted by atomic mass is 10.2. The Morgan fingerprint density at radius 3 is 2.76 bits per heavy atom. The lowest BCUT2D eigenvalue weighted by Gasteiger charge is -2.08. The van der Waals surface area contributed by atoms with Crippen molar-refractivity contribution in [3.63, 3.8) is 0 Å². The number of carbonyl (C=O) groups is 1. The maximum atomic E-state index is 11.6. The number of hydrogen-bond acceptors (Lipinski definition) is 2. The van der Waals surface area contributed by atoms with Crippen molar-refractivity contribution in [2.45, 2.75) is 33.1 Å². The standard InChI is InChI=1S/C14H22N2O/c1-3-5-6-10-16-13-9-7-8-12(11-13)14(17)15-4-2/h7-9,11,16H,3-6,10H2,1-2H3,(H,15,17). The number of unbranched alkanes of at least 4 members (excludes halogenated alkanes) is 2. The molecule has 3 nitrogen and oxygen atoms in total. The van der Waals surface area contributed by atoms with Gasteiger partial charge in [-0.15, -0.1) is 0 Å². The zero-order chi connectivity index (χ0) is 12.5. The first-order valence-electron chi connectivity index (χ1n) is 6.40. The third-order valence-corrected chi connectivity index (χ3v) is 2.57. The SMILES string of the molecule is CCCCCNc1cccc(C(=O)NCC)c1. The fraction of sp³-hybridized carbons (Fsp3) is 0.500. The summed E-state index contributed by atoms with van der Waals surface area (Å²) in [6.07, 6.45) is 3.63. The van der Waals surface area contributed by atoms with E-state index in [4.69, 9.17) is 0 Å². The van der Waals surface area contributed by atoms with Gasteiger partial charge in [0.15, 0.2) is 0 Å². The largest absolute Gasteiger partial charge is 0.385 e. The molecule has 0 aliphatic heterocycles. The molecule has 1 aromatic carbocycles. The van der Waals surface area contributed by atoms with Gasteiger partial charge in [0, 0.05) is 24.3 Å². The van der Waals surface area contributed by atoms with Crippen LogP contribution in [0.1, 0.15) is 43.5 Å². The summed E-state index contributed by atoms with van der Waals surface area (Å²) in [7, 11) is 0. The van der Waals surface area contributed by atoms with Crippen LogP contribution < -0.4 is 10.6 Å². The topological polar surface area (TPSA) is 41.1 Å². The van der Waals surface area contributed by atoms with E-state index in [-0.39, 0.29) is 5.91 Å². The minimum Gasteiger partial charge on any atom is -0.385 e. The van der Waals surface area contributed by atoms with Crippen molar-refractivity contribution in [3.8, 4) is 0 Å². The summed E-state index contributed by atoms with van der Waals surface area (Å²) in [5.74, 6) is -0.00953. The molecule has 0 fully saturated rings. The van der Waals surface area contributed by atoms with Crippen molar-refractivity contribution in [3.05, 3.63) is 29.8 Å². The molecule has 0 unspecified atom stereocenters. The van der Waals surface area contributed by atoms with E-state index in [9.17, 15) is 4.79 Å². The van der Waals surface area contributed by atoms with Gasteiger partial charge in [-0.3, -0.25) is 4.79 Å². The van der Waals surface area contributed by atoms with Gasteiger partial charge < -0.3 is 10.6 Å². The van der Waals surface area contributed by atoms with Gasteiger partial charge in [-0.1, -0.05) is 25.8 Å². The van der Waals surface area contributed by atoms with Crippen LogP contribution in [-0.4, -0.2) is 19.0 Å². The Hall–Kier alpha value is -1.51. The fourth-order valence-electron chi connectivity index (χ4n) is 1.64. The zero-order valence-electron chi connectivity index (χ0n) is 10.8. The highest BCUT2D eigenvalue weighted by Crippen LogP contribution is 2.11. The second kappa shape index (κ2) is 7.71. The first-order valence-corrected chi connectivity index (χ1v) is 6.40. The molecule has 0 aromatic heterocycles. The highest BCUT2D eigenvalue weighted by Gasteiger charge is 2.03. The minimum atomic E-state index is -0.00953. The molecule has 0 spiro atoms. The van der Waals surface area contributed by atoms with Crippen molar-refractivity contribution in [2.24, 2.45) is 0 Å². The van der Waals surface area contributed by atoms with E-state index in [2.05, 4.69) is 17.6 Å². The van der Waals surface area contributed by atoms with Gasteiger partial charge in [-0.2, -0.15) is 0 Å². The van der Waals surface area contributed by atoms with Crippen molar-refractivity contribution >= 4 is 11.6 Å². The van der Waals surface area contributed by atoms with Gasteiger partial charge in [0.25, 0.3) is 5.91 Å².